The Morgan fingerprint density at radius 1 is 1.21 bits per heavy atom. The number of carbonyl (C=O) groups excluding carboxylic acids is 2. The van der Waals surface area contributed by atoms with Crippen molar-refractivity contribution < 1.29 is 14.3 Å². The van der Waals surface area contributed by atoms with Crippen LogP contribution < -0.4 is 25.6 Å². The van der Waals surface area contributed by atoms with Crippen LogP contribution in [-0.4, -0.2) is 36.1 Å². The van der Waals surface area contributed by atoms with Crippen molar-refractivity contribution in [1.82, 2.24) is 15.6 Å². The zero-order valence-electron chi connectivity index (χ0n) is 21.3. The van der Waals surface area contributed by atoms with E-state index < -0.39 is 0 Å². The Morgan fingerprint density at radius 2 is 2.08 bits per heavy atom. The number of amides is 3. The van der Waals surface area contributed by atoms with E-state index in [9.17, 15) is 9.59 Å². The van der Waals surface area contributed by atoms with Crippen LogP contribution >= 0.6 is 11.3 Å². The average Bonchev–Trinajstić information content (AvgIpc) is 3.30. The Morgan fingerprint density at radius 3 is 2.87 bits per heavy atom. The van der Waals surface area contributed by atoms with Gasteiger partial charge in [-0.2, -0.15) is 0 Å². The highest BCUT2D eigenvalue weighted by atomic mass is 32.1. The molecular weight excluding hydrogens is 498 g/mol. The first-order valence-electron chi connectivity index (χ1n) is 12.9. The molecule has 194 valence electrons. The quantitative estimate of drug-likeness (QED) is 0.281. The molecule has 1 fully saturated rings. The van der Waals surface area contributed by atoms with Gasteiger partial charge >= 0.3 is 6.03 Å². The molecule has 0 bridgehead atoms. The fourth-order valence-electron chi connectivity index (χ4n) is 5.17. The lowest BCUT2D eigenvalue weighted by molar-refractivity contribution is 0.0935. The second kappa shape index (κ2) is 10.1. The lowest BCUT2D eigenvalue weighted by Gasteiger charge is -2.30. The molecule has 1 saturated heterocycles. The summed E-state index contributed by atoms with van der Waals surface area (Å²) in [6.07, 6.45) is 4.52. The first-order chi connectivity index (χ1) is 18.5. The number of para-hydroxylation sites is 1. The molecule has 2 aromatic carbocycles. The number of piperidine rings is 1. The van der Waals surface area contributed by atoms with Crippen molar-refractivity contribution in [3.8, 4) is 11.5 Å². The van der Waals surface area contributed by atoms with E-state index >= 15 is 0 Å². The lowest BCUT2D eigenvalue weighted by atomic mass is 10.1. The smallest absolute Gasteiger partial charge is 0.331 e. The number of hydrogen-bond acceptors (Lipinski definition) is 6. The van der Waals surface area contributed by atoms with Crippen molar-refractivity contribution in [2.24, 2.45) is 0 Å². The zero-order valence-corrected chi connectivity index (χ0v) is 22.2. The number of nitrogens with one attached hydrogen (secondary N) is 3. The van der Waals surface area contributed by atoms with Crippen molar-refractivity contribution >= 4 is 50.6 Å². The summed E-state index contributed by atoms with van der Waals surface area (Å²) in [6, 6.07) is 15.3. The third-order valence-corrected chi connectivity index (χ3v) is 8.17. The molecule has 2 aliphatic heterocycles. The minimum atomic E-state index is -0.315. The van der Waals surface area contributed by atoms with Crippen LogP contribution in [0.15, 0.2) is 54.7 Å². The maximum atomic E-state index is 13.5. The number of nitrogens with zero attached hydrogens (tertiary/aromatic N) is 2. The van der Waals surface area contributed by atoms with Crippen molar-refractivity contribution in [1.29, 1.82) is 0 Å². The minimum Gasteiger partial charge on any atom is -0.457 e. The molecule has 3 N–H and O–H groups in total. The van der Waals surface area contributed by atoms with E-state index in [2.05, 4.69) is 33.9 Å². The second-order valence-electron chi connectivity index (χ2n) is 9.61. The molecular formula is C29H29N5O3S. The molecule has 38 heavy (non-hydrogen) atoms. The highest BCUT2D eigenvalue weighted by molar-refractivity contribution is 7.21. The van der Waals surface area contributed by atoms with Crippen molar-refractivity contribution in [2.75, 3.05) is 23.3 Å². The normalized spacial score (nSPS) is 16.8. The molecule has 0 unspecified atom stereocenters. The molecule has 3 amide bonds. The number of pyridine rings is 1. The van der Waals surface area contributed by atoms with E-state index in [0.717, 1.165) is 60.3 Å². The maximum Gasteiger partial charge on any atom is 0.331 e. The Balaban J connectivity index is 1.33. The summed E-state index contributed by atoms with van der Waals surface area (Å²) in [6.45, 7) is 5.78. The molecule has 2 aromatic heterocycles. The number of rotatable bonds is 6. The number of anilines is 3. The van der Waals surface area contributed by atoms with Crippen LogP contribution in [0.25, 0.3) is 10.2 Å². The topological polar surface area (TPSA) is 95.6 Å². The van der Waals surface area contributed by atoms with Crippen molar-refractivity contribution in [3.63, 3.8) is 0 Å². The number of aromatic nitrogens is 1. The van der Waals surface area contributed by atoms with E-state index in [4.69, 9.17) is 4.74 Å². The molecule has 2 aliphatic rings. The minimum absolute atomic E-state index is 0.0737. The molecule has 4 aromatic rings. The van der Waals surface area contributed by atoms with Crippen LogP contribution in [0.1, 0.15) is 40.6 Å². The molecule has 1 atom stereocenters. The number of hydrogen-bond donors (Lipinski definition) is 3. The molecule has 0 spiro atoms. The van der Waals surface area contributed by atoms with Gasteiger partial charge in [-0.25, -0.2) is 9.78 Å². The van der Waals surface area contributed by atoms with E-state index in [1.807, 2.05) is 49.4 Å². The van der Waals surface area contributed by atoms with Crippen LogP contribution in [-0.2, 0) is 6.42 Å². The monoisotopic (exact) mass is 527 g/mol. The number of urea groups is 1. The molecule has 0 saturated carbocycles. The number of carbonyl (C=O) groups is 2. The summed E-state index contributed by atoms with van der Waals surface area (Å²) in [5, 5.41) is 10.2. The van der Waals surface area contributed by atoms with Gasteiger partial charge in [0.1, 0.15) is 21.2 Å². The Bertz CT molecular complexity index is 1540. The highest BCUT2D eigenvalue weighted by Crippen LogP contribution is 2.46. The van der Waals surface area contributed by atoms with Gasteiger partial charge < -0.3 is 20.7 Å². The van der Waals surface area contributed by atoms with Gasteiger partial charge in [0.2, 0.25) is 0 Å². The van der Waals surface area contributed by atoms with Gasteiger partial charge in [-0.3, -0.25) is 9.69 Å². The summed E-state index contributed by atoms with van der Waals surface area (Å²) in [7, 11) is 0. The van der Waals surface area contributed by atoms with Gasteiger partial charge in [0.15, 0.2) is 0 Å². The van der Waals surface area contributed by atoms with Gasteiger partial charge in [0.25, 0.3) is 5.91 Å². The Kier molecular flexibility index (Phi) is 6.47. The van der Waals surface area contributed by atoms with Gasteiger partial charge in [-0.15, -0.1) is 11.3 Å². The van der Waals surface area contributed by atoms with Crippen molar-refractivity contribution in [2.45, 2.75) is 39.2 Å². The molecule has 4 heterocycles. The summed E-state index contributed by atoms with van der Waals surface area (Å²) in [5.74, 6) is 1.35. The van der Waals surface area contributed by atoms with E-state index in [0.29, 0.717) is 26.8 Å². The maximum absolute atomic E-state index is 13.5. The molecule has 8 nitrogen and oxygen atoms in total. The first kappa shape index (κ1) is 24.4. The van der Waals surface area contributed by atoms with Crippen LogP contribution in [0, 0.1) is 6.92 Å². The van der Waals surface area contributed by atoms with Gasteiger partial charge in [-0.05, 0) is 74.2 Å². The summed E-state index contributed by atoms with van der Waals surface area (Å²) in [5.41, 5.74) is 3.99. The van der Waals surface area contributed by atoms with Gasteiger partial charge in [-0.1, -0.05) is 25.1 Å². The van der Waals surface area contributed by atoms with Gasteiger partial charge in [0.05, 0.1) is 22.4 Å². The summed E-state index contributed by atoms with van der Waals surface area (Å²) >= 11 is 1.30. The predicted molar refractivity (Wildman–Crippen MR) is 151 cm³/mol. The standard InChI is InChI=1S/C29H29N5O3S/c1-3-18-7-4-5-9-23(18)37-20-10-11-21(17(2)15-20)34-22-12-14-31-28-24(22)25(33-29(34)36)26(38-28)27(35)32-19-8-6-13-30-16-19/h4-5,7,9-12,14-15,19,30H,3,6,8,13,16H2,1-2H3,(H,32,35)(H,33,36)/t19-/m1/s1. The molecule has 6 rings (SSSR count). The van der Waals surface area contributed by atoms with Crippen LogP contribution in [0.5, 0.6) is 11.5 Å². The van der Waals surface area contributed by atoms with Gasteiger partial charge in [0, 0.05) is 18.8 Å². The third kappa shape index (κ3) is 4.37. The Hall–Kier alpha value is -3.95. The van der Waals surface area contributed by atoms with Crippen LogP contribution in [0.4, 0.5) is 21.9 Å². The summed E-state index contributed by atoms with van der Waals surface area (Å²) < 4.78 is 6.18. The number of ether oxygens (including phenoxy) is 1. The fraction of sp³-hybridized carbons (Fsp3) is 0.276. The average molecular weight is 528 g/mol. The van der Waals surface area contributed by atoms with E-state index in [-0.39, 0.29) is 18.0 Å². The Labute approximate surface area is 225 Å². The molecule has 0 aliphatic carbocycles. The van der Waals surface area contributed by atoms with E-state index in [1.54, 1.807) is 11.1 Å². The third-order valence-electron chi connectivity index (χ3n) is 7.07. The predicted octanol–water partition coefficient (Wildman–Crippen LogP) is 6.12. The SMILES string of the molecule is CCc1ccccc1Oc1ccc(N2C(=O)Nc3c(C(=O)N[C@@H]4CCCNC4)sc4nccc2c34)c(C)c1. The lowest BCUT2D eigenvalue weighted by Crippen LogP contribution is -2.45. The fourth-order valence-corrected chi connectivity index (χ4v) is 6.20. The first-order valence-corrected chi connectivity index (χ1v) is 13.8. The number of aryl methyl sites for hydroxylation is 2. The van der Waals surface area contributed by atoms with Crippen LogP contribution in [0.3, 0.4) is 0 Å². The summed E-state index contributed by atoms with van der Waals surface area (Å²) in [4.78, 5) is 34.1. The van der Waals surface area contributed by atoms with Crippen LogP contribution in [0.2, 0.25) is 0 Å². The molecule has 9 heteroatoms. The highest BCUT2D eigenvalue weighted by Gasteiger charge is 2.33. The largest absolute Gasteiger partial charge is 0.457 e. The number of thiophene rings is 1. The zero-order chi connectivity index (χ0) is 26.2. The second-order valence-corrected chi connectivity index (χ2v) is 10.6. The van der Waals surface area contributed by atoms with E-state index in [1.165, 1.54) is 11.3 Å². The van der Waals surface area contributed by atoms with Crippen molar-refractivity contribution in [3.05, 3.63) is 70.7 Å². The number of benzene rings is 2. The molecule has 0 radical (unpaired) electrons.